The number of carbonyl (C=O) groups is 1. The van der Waals surface area contributed by atoms with E-state index in [4.69, 9.17) is 15.7 Å². The molecule has 78 valence electrons. The van der Waals surface area contributed by atoms with Crippen molar-refractivity contribution in [1.82, 2.24) is 0 Å². The highest BCUT2D eigenvalue weighted by molar-refractivity contribution is 5.95. The highest BCUT2D eigenvalue weighted by atomic mass is 16.5. The summed E-state index contributed by atoms with van der Waals surface area (Å²) in [7, 11) is 0. The number of nitrogen functional groups attached to an aromatic ring is 1. The number of carbonyl (C=O) groups excluding carboxylic acids is 1. The molecule has 0 saturated heterocycles. The van der Waals surface area contributed by atoms with E-state index in [1.807, 2.05) is 6.07 Å². The van der Waals surface area contributed by atoms with Crippen LogP contribution in [0.4, 0.5) is 5.69 Å². The fraction of sp³-hybridized carbons (Fsp3) is 0.273. The van der Waals surface area contributed by atoms with Crippen LogP contribution in [0.15, 0.2) is 18.2 Å². The van der Waals surface area contributed by atoms with Gasteiger partial charge in [0.25, 0.3) is 0 Å². The van der Waals surface area contributed by atoms with Crippen molar-refractivity contribution in [3.63, 3.8) is 0 Å². The number of ether oxygens (including phenoxy) is 1. The van der Waals surface area contributed by atoms with E-state index in [9.17, 15) is 4.79 Å². The Morgan fingerprint density at radius 3 is 2.67 bits per heavy atom. The van der Waals surface area contributed by atoms with Gasteiger partial charge in [0.2, 0.25) is 0 Å². The SMILES string of the molecule is CC(C)OC(=O)c1ccc(C#N)cc1N. The number of rotatable bonds is 2. The van der Waals surface area contributed by atoms with Crippen LogP contribution in [0.5, 0.6) is 0 Å². The Bertz CT molecular complexity index is 419. The number of esters is 1. The quantitative estimate of drug-likeness (QED) is 0.587. The van der Waals surface area contributed by atoms with Crippen molar-refractivity contribution in [2.45, 2.75) is 20.0 Å². The summed E-state index contributed by atoms with van der Waals surface area (Å²) in [5.74, 6) is -0.466. The van der Waals surface area contributed by atoms with Crippen molar-refractivity contribution in [2.24, 2.45) is 0 Å². The second kappa shape index (κ2) is 4.47. The fourth-order valence-electron chi connectivity index (χ4n) is 1.10. The van der Waals surface area contributed by atoms with Crippen LogP contribution in [0.25, 0.3) is 0 Å². The number of anilines is 1. The van der Waals surface area contributed by atoms with E-state index in [0.29, 0.717) is 11.1 Å². The van der Waals surface area contributed by atoms with E-state index in [-0.39, 0.29) is 11.8 Å². The number of nitrogens with zero attached hydrogens (tertiary/aromatic N) is 1. The first-order chi connectivity index (χ1) is 7.04. The molecule has 0 atom stereocenters. The molecular weight excluding hydrogens is 192 g/mol. The molecule has 4 nitrogen and oxygen atoms in total. The summed E-state index contributed by atoms with van der Waals surface area (Å²) in [6.45, 7) is 3.52. The molecule has 4 heteroatoms. The lowest BCUT2D eigenvalue weighted by Gasteiger charge is -2.09. The minimum Gasteiger partial charge on any atom is -0.459 e. The van der Waals surface area contributed by atoms with Crippen LogP contribution in [0, 0.1) is 11.3 Å². The molecule has 0 bridgehead atoms. The number of benzene rings is 1. The third kappa shape index (κ3) is 2.71. The second-order valence-electron chi connectivity index (χ2n) is 3.37. The molecule has 0 aliphatic rings. The maximum Gasteiger partial charge on any atom is 0.340 e. The maximum absolute atomic E-state index is 11.5. The van der Waals surface area contributed by atoms with Gasteiger partial charge in [0.15, 0.2) is 0 Å². The minimum absolute atomic E-state index is 0.187. The Balaban J connectivity index is 2.97. The van der Waals surface area contributed by atoms with Crippen molar-refractivity contribution >= 4 is 11.7 Å². The molecular formula is C11H12N2O2. The Labute approximate surface area is 88.3 Å². The van der Waals surface area contributed by atoms with Crippen LogP contribution in [0.3, 0.4) is 0 Å². The smallest absolute Gasteiger partial charge is 0.340 e. The molecule has 0 aliphatic heterocycles. The summed E-state index contributed by atoms with van der Waals surface area (Å²) < 4.78 is 4.99. The Hall–Kier alpha value is -2.02. The molecule has 0 unspecified atom stereocenters. The molecule has 0 saturated carbocycles. The molecule has 0 heterocycles. The molecule has 0 fully saturated rings. The largest absolute Gasteiger partial charge is 0.459 e. The summed E-state index contributed by atoms with van der Waals surface area (Å²) in [6.07, 6.45) is -0.187. The van der Waals surface area contributed by atoms with Crippen molar-refractivity contribution < 1.29 is 9.53 Å². The Kier molecular flexibility index (Phi) is 3.29. The molecule has 1 aromatic rings. The normalized spacial score (nSPS) is 9.73. The average molecular weight is 204 g/mol. The Morgan fingerprint density at radius 1 is 1.53 bits per heavy atom. The van der Waals surface area contributed by atoms with E-state index >= 15 is 0 Å². The number of hydrogen-bond donors (Lipinski definition) is 1. The summed E-state index contributed by atoms with van der Waals surface area (Å²) in [5.41, 5.74) is 6.60. The molecule has 0 spiro atoms. The lowest BCUT2D eigenvalue weighted by atomic mass is 10.1. The summed E-state index contributed by atoms with van der Waals surface area (Å²) in [6, 6.07) is 6.43. The first-order valence-corrected chi connectivity index (χ1v) is 4.55. The summed E-state index contributed by atoms with van der Waals surface area (Å²) in [4.78, 5) is 11.5. The van der Waals surface area contributed by atoms with Gasteiger partial charge in [-0.15, -0.1) is 0 Å². The van der Waals surface area contributed by atoms with Gasteiger partial charge in [-0.05, 0) is 32.0 Å². The first kappa shape index (κ1) is 11.1. The third-order valence-electron chi connectivity index (χ3n) is 1.74. The monoisotopic (exact) mass is 204 g/mol. The number of nitriles is 1. The van der Waals surface area contributed by atoms with Crippen molar-refractivity contribution in [2.75, 3.05) is 5.73 Å². The predicted molar refractivity (Wildman–Crippen MR) is 56.1 cm³/mol. The number of hydrogen-bond acceptors (Lipinski definition) is 4. The van der Waals surface area contributed by atoms with Gasteiger partial charge in [-0.1, -0.05) is 0 Å². The van der Waals surface area contributed by atoms with Crippen LogP contribution in [-0.2, 0) is 4.74 Å². The molecule has 0 aliphatic carbocycles. The van der Waals surface area contributed by atoms with Crippen molar-refractivity contribution in [3.8, 4) is 6.07 Å². The first-order valence-electron chi connectivity index (χ1n) is 4.55. The molecule has 15 heavy (non-hydrogen) atoms. The standard InChI is InChI=1S/C11H12N2O2/c1-7(2)15-11(14)9-4-3-8(6-12)5-10(9)13/h3-5,7H,13H2,1-2H3. The zero-order chi connectivity index (χ0) is 11.4. The van der Waals surface area contributed by atoms with Crippen molar-refractivity contribution in [3.05, 3.63) is 29.3 Å². The zero-order valence-electron chi connectivity index (χ0n) is 8.65. The van der Waals surface area contributed by atoms with Gasteiger partial charge in [-0.2, -0.15) is 5.26 Å². The van der Waals surface area contributed by atoms with E-state index in [1.165, 1.54) is 18.2 Å². The van der Waals surface area contributed by atoms with E-state index < -0.39 is 5.97 Å². The predicted octanol–water partition coefficient (Wildman–Crippen LogP) is 1.71. The number of nitrogens with two attached hydrogens (primary N) is 1. The minimum atomic E-state index is -0.466. The van der Waals surface area contributed by atoms with Crippen LogP contribution in [-0.4, -0.2) is 12.1 Å². The van der Waals surface area contributed by atoms with E-state index in [1.54, 1.807) is 13.8 Å². The molecule has 0 radical (unpaired) electrons. The topological polar surface area (TPSA) is 76.1 Å². The van der Waals surface area contributed by atoms with Crippen LogP contribution >= 0.6 is 0 Å². The fourth-order valence-corrected chi connectivity index (χ4v) is 1.10. The van der Waals surface area contributed by atoms with Crippen LogP contribution in [0.2, 0.25) is 0 Å². The van der Waals surface area contributed by atoms with Gasteiger partial charge in [0.05, 0.1) is 23.3 Å². The van der Waals surface area contributed by atoms with Crippen LogP contribution < -0.4 is 5.73 Å². The molecule has 1 aromatic carbocycles. The maximum atomic E-state index is 11.5. The molecule has 2 N–H and O–H groups in total. The van der Waals surface area contributed by atoms with Gasteiger partial charge in [-0.3, -0.25) is 0 Å². The lowest BCUT2D eigenvalue weighted by Crippen LogP contribution is -2.13. The average Bonchev–Trinajstić information content (AvgIpc) is 2.16. The molecule has 0 amide bonds. The zero-order valence-corrected chi connectivity index (χ0v) is 8.65. The van der Waals surface area contributed by atoms with Gasteiger partial charge in [-0.25, -0.2) is 4.79 Å². The van der Waals surface area contributed by atoms with E-state index in [0.717, 1.165) is 0 Å². The van der Waals surface area contributed by atoms with Crippen molar-refractivity contribution in [1.29, 1.82) is 5.26 Å². The molecule has 1 rings (SSSR count). The van der Waals surface area contributed by atoms with Gasteiger partial charge in [0, 0.05) is 5.69 Å². The van der Waals surface area contributed by atoms with Gasteiger partial charge < -0.3 is 10.5 Å². The van der Waals surface area contributed by atoms with Gasteiger partial charge >= 0.3 is 5.97 Å². The summed E-state index contributed by atoms with van der Waals surface area (Å²) >= 11 is 0. The third-order valence-corrected chi connectivity index (χ3v) is 1.74. The Morgan fingerprint density at radius 2 is 2.20 bits per heavy atom. The highest BCUT2D eigenvalue weighted by Crippen LogP contribution is 2.15. The van der Waals surface area contributed by atoms with Gasteiger partial charge in [0.1, 0.15) is 0 Å². The second-order valence-corrected chi connectivity index (χ2v) is 3.37. The summed E-state index contributed by atoms with van der Waals surface area (Å²) in [5, 5.41) is 8.62. The molecule has 0 aromatic heterocycles. The van der Waals surface area contributed by atoms with E-state index in [2.05, 4.69) is 0 Å². The lowest BCUT2D eigenvalue weighted by molar-refractivity contribution is 0.0379. The van der Waals surface area contributed by atoms with Crippen LogP contribution in [0.1, 0.15) is 29.8 Å². The highest BCUT2D eigenvalue weighted by Gasteiger charge is 2.12.